The molecule has 104 valence electrons. The van der Waals surface area contributed by atoms with E-state index in [-0.39, 0.29) is 5.82 Å². The molecule has 0 aliphatic heterocycles. The lowest BCUT2D eigenvalue weighted by molar-refractivity contribution is 0.587. The molecule has 0 saturated heterocycles. The van der Waals surface area contributed by atoms with Gasteiger partial charge in [0.2, 0.25) is 0 Å². The van der Waals surface area contributed by atoms with Gasteiger partial charge in [-0.2, -0.15) is 0 Å². The van der Waals surface area contributed by atoms with Crippen molar-refractivity contribution in [3.05, 3.63) is 58.9 Å². The molecular formula is C18H20FN. The summed E-state index contributed by atoms with van der Waals surface area (Å²) in [6, 6.07) is 12.4. The summed E-state index contributed by atoms with van der Waals surface area (Å²) in [7, 11) is 0. The normalized spacial score (nSPS) is 14.6. The first-order chi connectivity index (χ1) is 9.63. The molecule has 3 rings (SSSR count). The van der Waals surface area contributed by atoms with Crippen molar-refractivity contribution in [1.82, 2.24) is 5.32 Å². The minimum Gasteiger partial charge on any atom is -0.310 e. The van der Waals surface area contributed by atoms with Crippen LogP contribution in [0, 0.1) is 19.7 Å². The van der Waals surface area contributed by atoms with Gasteiger partial charge in [0.25, 0.3) is 0 Å². The average molecular weight is 269 g/mol. The van der Waals surface area contributed by atoms with Crippen molar-refractivity contribution in [3.63, 3.8) is 0 Å². The molecule has 0 spiro atoms. The third-order valence-corrected chi connectivity index (χ3v) is 3.91. The summed E-state index contributed by atoms with van der Waals surface area (Å²) in [6.45, 7) is 4.80. The SMILES string of the molecule is Cc1ccc(C)c(-c2ccc(F)c(CNC3CC3)c2)c1. The Kier molecular flexibility index (Phi) is 3.58. The van der Waals surface area contributed by atoms with Gasteiger partial charge in [-0.3, -0.25) is 0 Å². The van der Waals surface area contributed by atoms with E-state index in [4.69, 9.17) is 0 Å². The molecule has 1 saturated carbocycles. The summed E-state index contributed by atoms with van der Waals surface area (Å²) in [6.07, 6.45) is 2.44. The lowest BCUT2D eigenvalue weighted by atomic mass is 9.97. The first-order valence-electron chi connectivity index (χ1n) is 7.23. The second kappa shape index (κ2) is 5.37. The molecule has 0 radical (unpaired) electrons. The van der Waals surface area contributed by atoms with E-state index in [1.54, 1.807) is 6.07 Å². The molecule has 0 amide bonds. The highest BCUT2D eigenvalue weighted by Gasteiger charge is 2.20. The van der Waals surface area contributed by atoms with E-state index in [0.717, 1.165) is 11.1 Å². The quantitative estimate of drug-likeness (QED) is 0.869. The molecule has 2 aromatic carbocycles. The molecule has 1 nitrogen and oxygen atoms in total. The molecule has 2 aromatic rings. The van der Waals surface area contributed by atoms with Crippen molar-refractivity contribution in [3.8, 4) is 11.1 Å². The van der Waals surface area contributed by atoms with Crippen LogP contribution < -0.4 is 5.32 Å². The Bertz CT molecular complexity index is 629. The highest BCUT2D eigenvalue weighted by Crippen LogP contribution is 2.27. The Hall–Kier alpha value is -1.67. The van der Waals surface area contributed by atoms with Crippen molar-refractivity contribution in [2.45, 2.75) is 39.3 Å². The fraction of sp³-hybridized carbons (Fsp3) is 0.333. The van der Waals surface area contributed by atoms with Gasteiger partial charge in [-0.15, -0.1) is 0 Å². The monoisotopic (exact) mass is 269 g/mol. The van der Waals surface area contributed by atoms with E-state index in [1.165, 1.54) is 29.5 Å². The molecule has 20 heavy (non-hydrogen) atoms. The molecule has 1 N–H and O–H groups in total. The molecule has 1 aliphatic carbocycles. The predicted octanol–water partition coefficient (Wildman–Crippen LogP) is 4.36. The third kappa shape index (κ3) is 2.91. The van der Waals surface area contributed by atoms with Gasteiger partial charge in [0.05, 0.1) is 0 Å². The van der Waals surface area contributed by atoms with Crippen molar-refractivity contribution < 1.29 is 4.39 Å². The van der Waals surface area contributed by atoms with Gasteiger partial charge in [0.1, 0.15) is 5.82 Å². The van der Waals surface area contributed by atoms with Crippen LogP contribution in [0.1, 0.15) is 29.5 Å². The summed E-state index contributed by atoms with van der Waals surface area (Å²) >= 11 is 0. The zero-order chi connectivity index (χ0) is 14.1. The smallest absolute Gasteiger partial charge is 0.127 e. The minimum atomic E-state index is -0.118. The van der Waals surface area contributed by atoms with E-state index < -0.39 is 0 Å². The van der Waals surface area contributed by atoms with Gasteiger partial charge in [0, 0.05) is 18.2 Å². The zero-order valence-corrected chi connectivity index (χ0v) is 12.0. The highest BCUT2D eigenvalue weighted by molar-refractivity contribution is 5.68. The maximum Gasteiger partial charge on any atom is 0.127 e. The van der Waals surface area contributed by atoms with E-state index in [9.17, 15) is 4.39 Å². The second-order valence-electron chi connectivity index (χ2n) is 5.78. The van der Waals surface area contributed by atoms with Crippen molar-refractivity contribution in [2.24, 2.45) is 0 Å². The predicted molar refractivity (Wildman–Crippen MR) is 81.2 cm³/mol. The van der Waals surface area contributed by atoms with E-state index in [0.29, 0.717) is 12.6 Å². The van der Waals surface area contributed by atoms with Crippen LogP contribution in [0.25, 0.3) is 11.1 Å². The molecule has 0 aromatic heterocycles. The van der Waals surface area contributed by atoms with Crippen molar-refractivity contribution >= 4 is 0 Å². The molecule has 1 aliphatic rings. The standard InChI is InChI=1S/C18H20FN/c1-12-3-4-13(2)17(9-12)14-5-8-18(19)15(10-14)11-20-16-6-7-16/h3-5,8-10,16,20H,6-7,11H2,1-2H3. The summed E-state index contributed by atoms with van der Waals surface area (Å²) in [5.74, 6) is -0.118. The van der Waals surface area contributed by atoms with Gasteiger partial charge < -0.3 is 5.32 Å². The van der Waals surface area contributed by atoms with Gasteiger partial charge in [0.15, 0.2) is 0 Å². The van der Waals surface area contributed by atoms with Crippen LogP contribution >= 0.6 is 0 Å². The van der Waals surface area contributed by atoms with Crippen LogP contribution in [-0.4, -0.2) is 6.04 Å². The fourth-order valence-electron chi connectivity index (χ4n) is 2.47. The number of halogens is 1. The Morgan fingerprint density at radius 1 is 1.10 bits per heavy atom. The second-order valence-corrected chi connectivity index (χ2v) is 5.78. The molecule has 1 fully saturated rings. The highest BCUT2D eigenvalue weighted by atomic mass is 19.1. The molecule has 0 unspecified atom stereocenters. The fourth-order valence-corrected chi connectivity index (χ4v) is 2.47. The third-order valence-electron chi connectivity index (χ3n) is 3.91. The van der Waals surface area contributed by atoms with Crippen LogP contribution in [0.4, 0.5) is 4.39 Å². The largest absolute Gasteiger partial charge is 0.310 e. The first-order valence-corrected chi connectivity index (χ1v) is 7.23. The molecule has 0 atom stereocenters. The van der Waals surface area contributed by atoms with Crippen molar-refractivity contribution in [2.75, 3.05) is 0 Å². The van der Waals surface area contributed by atoms with E-state index >= 15 is 0 Å². The molecule has 0 heterocycles. The number of benzene rings is 2. The van der Waals surface area contributed by atoms with Crippen LogP contribution in [0.15, 0.2) is 36.4 Å². The van der Waals surface area contributed by atoms with Gasteiger partial charge in [-0.1, -0.05) is 29.8 Å². The Balaban J connectivity index is 1.92. The maximum atomic E-state index is 13.9. The van der Waals surface area contributed by atoms with E-state index in [1.807, 2.05) is 12.1 Å². The topological polar surface area (TPSA) is 12.0 Å². The van der Waals surface area contributed by atoms with Crippen LogP contribution in [0.2, 0.25) is 0 Å². The molecular weight excluding hydrogens is 249 g/mol. The lowest BCUT2D eigenvalue weighted by Crippen LogP contribution is -2.16. The van der Waals surface area contributed by atoms with Gasteiger partial charge >= 0.3 is 0 Å². The summed E-state index contributed by atoms with van der Waals surface area (Å²) < 4.78 is 13.9. The molecule has 0 bridgehead atoms. The molecule has 2 heteroatoms. The number of nitrogens with one attached hydrogen (secondary N) is 1. The zero-order valence-electron chi connectivity index (χ0n) is 12.0. The Labute approximate surface area is 119 Å². The number of hydrogen-bond acceptors (Lipinski definition) is 1. The van der Waals surface area contributed by atoms with Crippen LogP contribution in [0.5, 0.6) is 0 Å². The van der Waals surface area contributed by atoms with Crippen molar-refractivity contribution in [1.29, 1.82) is 0 Å². The maximum absolute atomic E-state index is 13.9. The lowest BCUT2D eigenvalue weighted by Gasteiger charge is -2.11. The summed E-state index contributed by atoms with van der Waals surface area (Å²) in [5.41, 5.74) is 5.50. The summed E-state index contributed by atoms with van der Waals surface area (Å²) in [5, 5.41) is 3.38. The van der Waals surface area contributed by atoms with Crippen LogP contribution in [-0.2, 0) is 6.54 Å². The first kappa shape index (κ1) is 13.3. The van der Waals surface area contributed by atoms with E-state index in [2.05, 4.69) is 37.4 Å². The average Bonchev–Trinajstić information content (AvgIpc) is 3.25. The Morgan fingerprint density at radius 3 is 2.65 bits per heavy atom. The van der Waals surface area contributed by atoms with Gasteiger partial charge in [-0.25, -0.2) is 4.39 Å². The number of hydrogen-bond donors (Lipinski definition) is 1. The Morgan fingerprint density at radius 2 is 1.90 bits per heavy atom. The summed E-state index contributed by atoms with van der Waals surface area (Å²) in [4.78, 5) is 0. The number of aryl methyl sites for hydroxylation is 2. The van der Waals surface area contributed by atoms with Gasteiger partial charge in [-0.05, 0) is 55.5 Å². The minimum absolute atomic E-state index is 0.118. The van der Waals surface area contributed by atoms with Crippen LogP contribution in [0.3, 0.4) is 0 Å². The number of rotatable bonds is 4.